The summed E-state index contributed by atoms with van der Waals surface area (Å²) >= 11 is 0. The van der Waals surface area contributed by atoms with Crippen molar-refractivity contribution in [3.05, 3.63) is 29.3 Å². The van der Waals surface area contributed by atoms with Gasteiger partial charge in [-0.25, -0.2) is 0 Å². The zero-order valence-electron chi connectivity index (χ0n) is 12.9. The van der Waals surface area contributed by atoms with Crippen molar-refractivity contribution in [1.82, 2.24) is 4.90 Å². The Hall–Kier alpha value is -1.06. The summed E-state index contributed by atoms with van der Waals surface area (Å²) in [5.41, 5.74) is 10.1. The van der Waals surface area contributed by atoms with E-state index in [4.69, 9.17) is 5.73 Å². The highest BCUT2D eigenvalue weighted by atomic mass is 15.3. The molecule has 0 aliphatic carbocycles. The van der Waals surface area contributed by atoms with Crippen molar-refractivity contribution in [2.45, 2.75) is 39.3 Å². The Kier molecular flexibility index (Phi) is 3.88. The average Bonchev–Trinajstić information content (AvgIpc) is 2.29. The first-order chi connectivity index (χ1) is 8.85. The number of aryl methyl sites for hydroxylation is 2. The van der Waals surface area contributed by atoms with E-state index in [-0.39, 0.29) is 5.54 Å². The lowest BCUT2D eigenvalue weighted by molar-refractivity contribution is 0.155. The van der Waals surface area contributed by atoms with Gasteiger partial charge >= 0.3 is 0 Å². The molecule has 1 aliphatic rings. The molecule has 0 radical (unpaired) electrons. The number of piperazine rings is 1. The van der Waals surface area contributed by atoms with Gasteiger partial charge in [-0.05, 0) is 46.4 Å². The summed E-state index contributed by atoms with van der Waals surface area (Å²) in [4.78, 5) is 4.92. The number of hydrogen-bond donors (Lipinski definition) is 1. The van der Waals surface area contributed by atoms with E-state index < -0.39 is 0 Å². The second-order valence-electron chi connectivity index (χ2n) is 6.52. The standard InChI is InChI=1S/C16H27N3/c1-12-6-7-15(13(2)8-12)19-10-14(9-17)18(5)11-16(19,3)4/h6-8,14H,9-11,17H2,1-5H3. The van der Waals surface area contributed by atoms with E-state index in [9.17, 15) is 0 Å². The first kappa shape index (κ1) is 14.4. The molecule has 19 heavy (non-hydrogen) atoms. The van der Waals surface area contributed by atoms with Gasteiger partial charge in [0, 0.05) is 36.9 Å². The van der Waals surface area contributed by atoms with Crippen molar-refractivity contribution in [1.29, 1.82) is 0 Å². The third kappa shape index (κ3) is 2.77. The molecule has 2 rings (SSSR count). The summed E-state index contributed by atoms with van der Waals surface area (Å²) in [5, 5.41) is 0. The van der Waals surface area contributed by atoms with Gasteiger partial charge in [0.05, 0.1) is 0 Å². The van der Waals surface area contributed by atoms with Crippen LogP contribution in [0.25, 0.3) is 0 Å². The van der Waals surface area contributed by atoms with Gasteiger partial charge in [0.15, 0.2) is 0 Å². The first-order valence-corrected chi connectivity index (χ1v) is 7.10. The van der Waals surface area contributed by atoms with Crippen LogP contribution in [0, 0.1) is 13.8 Å². The predicted molar refractivity (Wildman–Crippen MR) is 82.8 cm³/mol. The van der Waals surface area contributed by atoms with Crippen LogP contribution in [-0.2, 0) is 0 Å². The number of benzene rings is 1. The predicted octanol–water partition coefficient (Wildman–Crippen LogP) is 2.16. The Balaban J connectivity index is 2.35. The molecule has 0 spiro atoms. The smallest absolute Gasteiger partial charge is 0.0473 e. The van der Waals surface area contributed by atoms with Crippen LogP contribution in [0.5, 0.6) is 0 Å². The molecule has 1 aromatic carbocycles. The molecule has 3 nitrogen and oxygen atoms in total. The molecule has 0 saturated carbocycles. The maximum atomic E-state index is 5.92. The van der Waals surface area contributed by atoms with Gasteiger partial charge < -0.3 is 10.6 Å². The van der Waals surface area contributed by atoms with E-state index in [0.717, 1.165) is 13.1 Å². The minimum absolute atomic E-state index is 0.139. The molecule has 2 N–H and O–H groups in total. The molecule has 0 amide bonds. The van der Waals surface area contributed by atoms with Crippen LogP contribution in [0.4, 0.5) is 5.69 Å². The van der Waals surface area contributed by atoms with Crippen LogP contribution in [0.1, 0.15) is 25.0 Å². The summed E-state index contributed by atoms with van der Waals surface area (Å²) in [7, 11) is 2.18. The van der Waals surface area contributed by atoms with Crippen LogP contribution >= 0.6 is 0 Å². The number of likely N-dealkylation sites (N-methyl/N-ethyl adjacent to an activating group) is 1. The fourth-order valence-corrected chi connectivity index (χ4v) is 3.21. The van der Waals surface area contributed by atoms with E-state index in [1.165, 1.54) is 16.8 Å². The Labute approximate surface area is 117 Å². The lowest BCUT2D eigenvalue weighted by Crippen LogP contribution is -2.64. The van der Waals surface area contributed by atoms with Crippen LogP contribution in [-0.4, -0.2) is 43.2 Å². The van der Waals surface area contributed by atoms with Crippen molar-refractivity contribution in [2.75, 3.05) is 31.6 Å². The summed E-state index contributed by atoms with van der Waals surface area (Å²) < 4.78 is 0. The topological polar surface area (TPSA) is 32.5 Å². The van der Waals surface area contributed by atoms with Gasteiger partial charge in [-0.15, -0.1) is 0 Å². The molecular formula is C16H27N3. The number of nitrogens with zero attached hydrogens (tertiary/aromatic N) is 2. The van der Waals surface area contributed by atoms with Crippen molar-refractivity contribution >= 4 is 5.69 Å². The van der Waals surface area contributed by atoms with E-state index >= 15 is 0 Å². The molecule has 0 bridgehead atoms. The molecule has 0 aromatic heterocycles. The molecular weight excluding hydrogens is 234 g/mol. The van der Waals surface area contributed by atoms with E-state index in [0.29, 0.717) is 12.6 Å². The monoisotopic (exact) mass is 261 g/mol. The summed E-state index contributed by atoms with van der Waals surface area (Å²) in [6.45, 7) is 11.7. The fourth-order valence-electron chi connectivity index (χ4n) is 3.21. The molecule has 1 unspecified atom stereocenters. The van der Waals surface area contributed by atoms with Crippen molar-refractivity contribution in [3.63, 3.8) is 0 Å². The second-order valence-corrected chi connectivity index (χ2v) is 6.52. The number of nitrogens with two attached hydrogens (primary N) is 1. The molecule has 1 saturated heterocycles. The van der Waals surface area contributed by atoms with Crippen LogP contribution in [0.2, 0.25) is 0 Å². The SMILES string of the molecule is Cc1ccc(N2CC(CN)N(C)CC2(C)C)c(C)c1. The van der Waals surface area contributed by atoms with Crippen molar-refractivity contribution in [3.8, 4) is 0 Å². The van der Waals surface area contributed by atoms with E-state index in [1.807, 2.05) is 0 Å². The quantitative estimate of drug-likeness (QED) is 0.885. The molecule has 1 aromatic rings. The Morgan fingerprint density at radius 2 is 2.00 bits per heavy atom. The highest BCUT2D eigenvalue weighted by molar-refractivity contribution is 5.57. The second kappa shape index (κ2) is 5.14. The maximum Gasteiger partial charge on any atom is 0.0473 e. The molecule has 3 heteroatoms. The molecule has 1 heterocycles. The first-order valence-electron chi connectivity index (χ1n) is 7.10. The molecule has 1 fully saturated rings. The van der Waals surface area contributed by atoms with Crippen LogP contribution in [0.3, 0.4) is 0 Å². The van der Waals surface area contributed by atoms with Crippen LogP contribution in [0.15, 0.2) is 18.2 Å². The minimum atomic E-state index is 0.139. The van der Waals surface area contributed by atoms with Crippen LogP contribution < -0.4 is 10.6 Å². The van der Waals surface area contributed by atoms with Gasteiger partial charge in [0.25, 0.3) is 0 Å². The fraction of sp³-hybridized carbons (Fsp3) is 0.625. The zero-order chi connectivity index (χ0) is 14.2. The summed E-state index contributed by atoms with van der Waals surface area (Å²) in [5.74, 6) is 0. The summed E-state index contributed by atoms with van der Waals surface area (Å²) in [6.07, 6.45) is 0. The van der Waals surface area contributed by atoms with Gasteiger partial charge in [-0.3, -0.25) is 4.90 Å². The number of rotatable bonds is 2. The molecule has 106 valence electrons. The third-order valence-electron chi connectivity index (χ3n) is 4.30. The lowest BCUT2D eigenvalue weighted by Gasteiger charge is -2.51. The normalized spacial score (nSPS) is 23.7. The zero-order valence-corrected chi connectivity index (χ0v) is 12.9. The van der Waals surface area contributed by atoms with E-state index in [1.54, 1.807) is 0 Å². The van der Waals surface area contributed by atoms with Gasteiger partial charge in [0.1, 0.15) is 0 Å². The lowest BCUT2D eigenvalue weighted by atomic mass is 9.93. The van der Waals surface area contributed by atoms with Crippen molar-refractivity contribution in [2.24, 2.45) is 5.73 Å². The third-order valence-corrected chi connectivity index (χ3v) is 4.30. The minimum Gasteiger partial charge on any atom is -0.363 e. The van der Waals surface area contributed by atoms with Gasteiger partial charge in [-0.2, -0.15) is 0 Å². The Morgan fingerprint density at radius 3 is 2.58 bits per heavy atom. The largest absolute Gasteiger partial charge is 0.363 e. The number of hydrogen-bond acceptors (Lipinski definition) is 3. The van der Waals surface area contributed by atoms with Gasteiger partial charge in [-0.1, -0.05) is 17.7 Å². The van der Waals surface area contributed by atoms with E-state index in [2.05, 4.69) is 62.7 Å². The molecule has 1 aliphatic heterocycles. The average molecular weight is 261 g/mol. The number of anilines is 1. The molecule has 1 atom stereocenters. The highest BCUT2D eigenvalue weighted by Crippen LogP contribution is 2.32. The highest BCUT2D eigenvalue weighted by Gasteiger charge is 2.37. The van der Waals surface area contributed by atoms with Crippen molar-refractivity contribution < 1.29 is 0 Å². The Morgan fingerprint density at radius 1 is 1.32 bits per heavy atom. The summed E-state index contributed by atoms with van der Waals surface area (Å²) in [6, 6.07) is 7.16. The van der Waals surface area contributed by atoms with Gasteiger partial charge in [0.2, 0.25) is 0 Å². The Bertz CT molecular complexity index is 453. The maximum absolute atomic E-state index is 5.92.